The van der Waals surface area contributed by atoms with Crippen molar-refractivity contribution >= 4 is 17.3 Å². The number of aldehydes is 1. The first-order valence-electron chi connectivity index (χ1n) is 4.60. The van der Waals surface area contributed by atoms with Gasteiger partial charge in [0.05, 0.1) is 0 Å². The van der Waals surface area contributed by atoms with Gasteiger partial charge in [-0.1, -0.05) is 5.16 Å². The number of aromatic amines is 1. The van der Waals surface area contributed by atoms with Gasteiger partial charge in [0, 0.05) is 23.3 Å². The largest absolute Gasteiger partial charge is 0.346 e. The normalized spacial score (nSPS) is 10.8. The van der Waals surface area contributed by atoms with Crippen LogP contribution in [0.4, 0.5) is 0 Å². The highest BCUT2D eigenvalue weighted by molar-refractivity contribution is 5.90. The quantitative estimate of drug-likeness (QED) is 0.652. The van der Waals surface area contributed by atoms with Crippen LogP contribution in [0.15, 0.2) is 29.0 Å². The Bertz CT molecular complexity index is 655. The van der Waals surface area contributed by atoms with Crippen LogP contribution in [0.3, 0.4) is 0 Å². The third-order valence-corrected chi connectivity index (χ3v) is 2.24. The van der Waals surface area contributed by atoms with E-state index in [1.165, 1.54) is 0 Å². The van der Waals surface area contributed by atoms with Crippen molar-refractivity contribution in [3.63, 3.8) is 0 Å². The standard InChI is InChI=1S/C10H6N4O2/c15-5-8-13-10(14-16-8)7-2-4-12-9-6(7)1-3-11-9/h1-5H,(H,11,12). The minimum atomic E-state index is -0.0319. The van der Waals surface area contributed by atoms with Crippen LogP contribution in [-0.2, 0) is 0 Å². The number of nitrogens with zero attached hydrogens (tertiary/aromatic N) is 3. The Hall–Kier alpha value is -2.50. The molecule has 3 rings (SSSR count). The van der Waals surface area contributed by atoms with Crippen molar-refractivity contribution in [1.29, 1.82) is 0 Å². The molecule has 16 heavy (non-hydrogen) atoms. The predicted molar refractivity (Wildman–Crippen MR) is 54.8 cm³/mol. The smallest absolute Gasteiger partial charge is 0.291 e. The number of aromatic nitrogens is 4. The van der Waals surface area contributed by atoms with Gasteiger partial charge in [-0.2, -0.15) is 4.98 Å². The van der Waals surface area contributed by atoms with Crippen LogP contribution in [0.5, 0.6) is 0 Å². The number of carbonyl (C=O) groups excluding carboxylic acids is 1. The lowest BCUT2D eigenvalue weighted by Crippen LogP contribution is -1.84. The van der Waals surface area contributed by atoms with Gasteiger partial charge in [-0.05, 0) is 12.1 Å². The van der Waals surface area contributed by atoms with E-state index in [4.69, 9.17) is 4.52 Å². The first-order valence-corrected chi connectivity index (χ1v) is 4.60. The summed E-state index contributed by atoms with van der Waals surface area (Å²) in [5.74, 6) is 0.351. The van der Waals surface area contributed by atoms with Crippen molar-refractivity contribution in [2.24, 2.45) is 0 Å². The van der Waals surface area contributed by atoms with E-state index in [2.05, 4.69) is 20.1 Å². The SMILES string of the molecule is O=Cc1nc(-c2ccnc3[nH]ccc23)no1. The van der Waals surface area contributed by atoms with Crippen molar-refractivity contribution in [2.45, 2.75) is 0 Å². The number of hydrogen-bond donors (Lipinski definition) is 1. The molecule has 3 aromatic rings. The zero-order valence-corrected chi connectivity index (χ0v) is 8.04. The van der Waals surface area contributed by atoms with Gasteiger partial charge in [-0.3, -0.25) is 4.79 Å². The number of H-pyrrole nitrogens is 1. The van der Waals surface area contributed by atoms with E-state index in [9.17, 15) is 4.79 Å². The molecule has 0 saturated carbocycles. The summed E-state index contributed by atoms with van der Waals surface area (Å²) in [7, 11) is 0. The Kier molecular flexibility index (Phi) is 1.79. The Balaban J connectivity index is 2.24. The molecule has 0 aliphatic rings. The van der Waals surface area contributed by atoms with E-state index in [0.29, 0.717) is 12.1 Å². The maximum Gasteiger partial charge on any atom is 0.291 e. The Morgan fingerprint density at radius 2 is 2.31 bits per heavy atom. The zero-order chi connectivity index (χ0) is 11.0. The summed E-state index contributed by atoms with van der Waals surface area (Å²) < 4.78 is 4.73. The first-order chi connectivity index (χ1) is 7.88. The lowest BCUT2D eigenvalue weighted by molar-refractivity contribution is 0.108. The van der Waals surface area contributed by atoms with Gasteiger partial charge in [0.2, 0.25) is 12.1 Å². The van der Waals surface area contributed by atoms with Crippen molar-refractivity contribution in [3.05, 3.63) is 30.4 Å². The minimum Gasteiger partial charge on any atom is -0.346 e. The van der Waals surface area contributed by atoms with Crippen molar-refractivity contribution < 1.29 is 9.32 Å². The summed E-state index contributed by atoms with van der Waals surface area (Å²) >= 11 is 0. The molecular formula is C10H6N4O2. The first kappa shape index (κ1) is 8.78. The van der Waals surface area contributed by atoms with Crippen LogP contribution in [-0.4, -0.2) is 26.4 Å². The Labute approximate surface area is 89.3 Å². The van der Waals surface area contributed by atoms with Crippen LogP contribution < -0.4 is 0 Å². The summed E-state index contributed by atoms with van der Waals surface area (Å²) in [5.41, 5.74) is 1.53. The number of fused-ring (bicyclic) bond motifs is 1. The Morgan fingerprint density at radius 3 is 3.12 bits per heavy atom. The fraction of sp³-hybridized carbons (Fsp3) is 0. The monoisotopic (exact) mass is 214 g/mol. The molecule has 0 radical (unpaired) electrons. The van der Waals surface area contributed by atoms with E-state index in [0.717, 1.165) is 16.6 Å². The number of carbonyl (C=O) groups is 1. The van der Waals surface area contributed by atoms with Crippen molar-refractivity contribution in [2.75, 3.05) is 0 Å². The molecule has 0 unspecified atom stereocenters. The summed E-state index contributed by atoms with van der Waals surface area (Å²) in [4.78, 5) is 21.5. The van der Waals surface area contributed by atoms with Gasteiger partial charge in [0.1, 0.15) is 5.65 Å². The summed E-state index contributed by atoms with van der Waals surface area (Å²) in [6.07, 6.45) is 3.94. The molecule has 0 aromatic carbocycles. The van der Waals surface area contributed by atoms with Crippen molar-refractivity contribution in [1.82, 2.24) is 20.1 Å². The zero-order valence-electron chi connectivity index (χ0n) is 8.04. The fourth-order valence-corrected chi connectivity index (χ4v) is 1.55. The molecule has 0 fully saturated rings. The average Bonchev–Trinajstić information content (AvgIpc) is 2.97. The van der Waals surface area contributed by atoms with Gasteiger partial charge < -0.3 is 9.51 Å². The molecule has 0 aliphatic carbocycles. The molecule has 0 bridgehead atoms. The van der Waals surface area contributed by atoms with Gasteiger partial charge in [0.15, 0.2) is 0 Å². The number of pyridine rings is 1. The lowest BCUT2D eigenvalue weighted by Gasteiger charge is -1.95. The summed E-state index contributed by atoms with van der Waals surface area (Å²) in [6.45, 7) is 0. The van der Waals surface area contributed by atoms with Crippen LogP contribution in [0.1, 0.15) is 10.7 Å². The van der Waals surface area contributed by atoms with Crippen LogP contribution in [0, 0.1) is 0 Å². The molecule has 0 amide bonds. The van der Waals surface area contributed by atoms with Gasteiger partial charge in [0.25, 0.3) is 5.89 Å². The molecule has 0 spiro atoms. The molecular weight excluding hydrogens is 208 g/mol. The molecule has 0 atom stereocenters. The van der Waals surface area contributed by atoms with Crippen LogP contribution in [0.25, 0.3) is 22.4 Å². The maximum atomic E-state index is 10.4. The van der Waals surface area contributed by atoms with Gasteiger partial charge in [-0.25, -0.2) is 4.98 Å². The molecule has 1 N–H and O–H groups in total. The molecule has 0 aliphatic heterocycles. The van der Waals surface area contributed by atoms with Gasteiger partial charge >= 0.3 is 0 Å². The highest BCUT2D eigenvalue weighted by Crippen LogP contribution is 2.23. The van der Waals surface area contributed by atoms with E-state index >= 15 is 0 Å². The predicted octanol–water partition coefficient (Wildman–Crippen LogP) is 1.43. The number of nitrogens with one attached hydrogen (secondary N) is 1. The maximum absolute atomic E-state index is 10.4. The molecule has 3 heterocycles. The second-order valence-corrected chi connectivity index (χ2v) is 3.17. The second kappa shape index (κ2) is 3.27. The average molecular weight is 214 g/mol. The molecule has 6 nitrogen and oxygen atoms in total. The highest BCUT2D eigenvalue weighted by atomic mass is 16.5. The third-order valence-electron chi connectivity index (χ3n) is 2.24. The van der Waals surface area contributed by atoms with Crippen LogP contribution in [0.2, 0.25) is 0 Å². The topological polar surface area (TPSA) is 84.7 Å². The second-order valence-electron chi connectivity index (χ2n) is 3.17. The minimum absolute atomic E-state index is 0.0319. The molecule has 0 saturated heterocycles. The molecule has 3 aromatic heterocycles. The third kappa shape index (κ3) is 1.20. The summed E-state index contributed by atoms with van der Waals surface area (Å²) in [6, 6.07) is 3.64. The van der Waals surface area contributed by atoms with E-state index in [-0.39, 0.29) is 5.89 Å². The van der Waals surface area contributed by atoms with E-state index in [1.807, 2.05) is 6.07 Å². The Morgan fingerprint density at radius 1 is 1.38 bits per heavy atom. The molecule has 6 heteroatoms. The number of rotatable bonds is 2. The van der Waals surface area contributed by atoms with Crippen LogP contribution >= 0.6 is 0 Å². The van der Waals surface area contributed by atoms with E-state index < -0.39 is 0 Å². The number of hydrogen-bond acceptors (Lipinski definition) is 5. The highest BCUT2D eigenvalue weighted by Gasteiger charge is 2.11. The van der Waals surface area contributed by atoms with Crippen molar-refractivity contribution in [3.8, 4) is 11.4 Å². The molecule has 78 valence electrons. The lowest BCUT2D eigenvalue weighted by atomic mass is 10.2. The van der Waals surface area contributed by atoms with E-state index in [1.54, 1.807) is 18.5 Å². The fourth-order valence-electron chi connectivity index (χ4n) is 1.55. The summed E-state index contributed by atoms with van der Waals surface area (Å²) in [5, 5.41) is 4.62. The van der Waals surface area contributed by atoms with Gasteiger partial charge in [-0.15, -0.1) is 0 Å².